The van der Waals surface area contributed by atoms with Crippen molar-refractivity contribution in [2.75, 3.05) is 57.4 Å². The first kappa shape index (κ1) is 80.7. The van der Waals surface area contributed by atoms with Gasteiger partial charge in [0, 0.05) is 31.0 Å². The van der Waals surface area contributed by atoms with E-state index in [9.17, 15) is 82.8 Å². The van der Waals surface area contributed by atoms with E-state index in [-0.39, 0.29) is 82.3 Å². The van der Waals surface area contributed by atoms with Crippen molar-refractivity contribution in [2.24, 2.45) is 44.4 Å². The van der Waals surface area contributed by atoms with Crippen molar-refractivity contribution in [3.05, 3.63) is 71.8 Å². The molecule has 2 aromatic rings. The zero-order chi connectivity index (χ0) is 70.3. The number of nitrogens with zero attached hydrogens (tertiary/aromatic N) is 2. The van der Waals surface area contributed by atoms with Gasteiger partial charge in [0.15, 0.2) is 11.9 Å². The van der Waals surface area contributed by atoms with Crippen molar-refractivity contribution in [1.82, 2.24) is 58.5 Å². The van der Waals surface area contributed by atoms with Crippen LogP contribution >= 0.6 is 25.3 Å². The van der Waals surface area contributed by atoms with E-state index in [4.69, 9.17) is 34.4 Å². The van der Waals surface area contributed by atoms with Gasteiger partial charge in [-0.05, 0) is 69.0 Å². The number of guanidine groups is 2. The molecule has 27 N–H and O–H groups in total. The van der Waals surface area contributed by atoms with Gasteiger partial charge >= 0.3 is 11.9 Å². The summed E-state index contributed by atoms with van der Waals surface area (Å²) in [5.74, 6) is -15.4. The lowest BCUT2D eigenvalue weighted by molar-refractivity contribution is -0.142. The lowest BCUT2D eigenvalue weighted by atomic mass is 10.0. The Balaban J connectivity index is 2.19. The molecule has 0 heterocycles. The number of benzene rings is 2. The average Bonchev–Trinajstić information content (AvgIpc) is 1.03. The van der Waals surface area contributed by atoms with Gasteiger partial charge in [-0.1, -0.05) is 60.7 Å². The van der Waals surface area contributed by atoms with Crippen LogP contribution in [0.15, 0.2) is 70.6 Å². The number of carbonyl (C=O) groups is 13. The number of carboxylic acids is 2. The summed E-state index contributed by atoms with van der Waals surface area (Å²) in [6, 6.07) is 1.50. The van der Waals surface area contributed by atoms with Crippen LogP contribution in [-0.4, -0.2) is 227 Å². The number of carbonyl (C=O) groups excluding carboxylic acids is 11. The Morgan fingerprint density at radius 3 is 1.23 bits per heavy atom. The highest BCUT2D eigenvalue weighted by molar-refractivity contribution is 7.80. The van der Waals surface area contributed by atoms with E-state index in [0.29, 0.717) is 18.4 Å². The molecular formula is C56H87N19O17S2. The predicted octanol–water partition coefficient (Wildman–Crippen LogP) is -8.97. The molecule has 0 bridgehead atoms. The zero-order valence-electron chi connectivity index (χ0n) is 51.3. The fourth-order valence-electron chi connectivity index (χ4n) is 8.46. The molecule has 2 rings (SSSR count). The van der Waals surface area contributed by atoms with E-state index in [2.05, 4.69) is 93.7 Å². The second kappa shape index (κ2) is 44.2. The van der Waals surface area contributed by atoms with E-state index < -0.39 is 176 Å². The summed E-state index contributed by atoms with van der Waals surface area (Å²) in [5, 5.41) is 65.3. The van der Waals surface area contributed by atoms with E-state index in [1.165, 1.54) is 0 Å². The highest BCUT2D eigenvalue weighted by atomic mass is 32.1. The van der Waals surface area contributed by atoms with Gasteiger partial charge in [0.2, 0.25) is 65.0 Å². The minimum absolute atomic E-state index is 0.0174. The average molecular weight is 1360 g/mol. The second-order valence-corrected chi connectivity index (χ2v) is 21.7. The number of nitrogens with two attached hydrogens (primary N) is 6. The minimum Gasteiger partial charge on any atom is -0.481 e. The minimum atomic E-state index is -1.89. The van der Waals surface area contributed by atoms with Crippen molar-refractivity contribution in [3.8, 4) is 0 Å². The van der Waals surface area contributed by atoms with Crippen LogP contribution in [0, 0.1) is 0 Å². The number of aliphatic hydroxyl groups excluding tert-OH is 2. The van der Waals surface area contributed by atoms with Crippen LogP contribution in [0.2, 0.25) is 0 Å². The van der Waals surface area contributed by atoms with Crippen LogP contribution in [0.4, 0.5) is 0 Å². The Hall–Kier alpha value is -9.37. The molecule has 0 radical (unpaired) electrons. The van der Waals surface area contributed by atoms with Crippen molar-refractivity contribution in [1.29, 1.82) is 0 Å². The number of hydrogen-bond donors (Lipinski definition) is 23. The Bertz CT molecular complexity index is 2910. The van der Waals surface area contributed by atoms with Crippen LogP contribution in [0.3, 0.4) is 0 Å². The number of carboxylic acid groups (broad SMARTS) is 2. The number of amides is 11. The molecular weight excluding hydrogens is 1270 g/mol. The summed E-state index contributed by atoms with van der Waals surface area (Å²) in [6.45, 7) is -3.68. The summed E-state index contributed by atoms with van der Waals surface area (Å²) in [5.41, 5.74) is 34.3. The molecule has 0 aliphatic heterocycles. The van der Waals surface area contributed by atoms with Crippen molar-refractivity contribution in [2.45, 2.75) is 125 Å². The zero-order valence-corrected chi connectivity index (χ0v) is 53.1. The Labute approximate surface area is 551 Å². The van der Waals surface area contributed by atoms with Crippen LogP contribution in [0.1, 0.15) is 62.5 Å². The smallest absolute Gasteiger partial charge is 0.326 e. The topological polar surface area (TPSA) is 616 Å². The standard InChI is InChI=1S/C56H87N19O17S2/c57-18-8-7-15-34(48(85)70-35(54(91)92)17-10-20-64-56(61)62)67-42(78)24-65-46(83)33(16-9-19-63-55(59)60)69-50(87)38(26-76)72-51(88)39(27-77)73-53(90)41(29-94)75-49(86)36(22-31-13-5-2-6-14-31)68-43(79)25-66-47(84)37(23-44(80)81)71-52(89)40(28-93)74-45(82)32(58)21-30-11-3-1-4-12-30/h1-6,11-14,32-41,76-77,93-94H,7-10,15-29,57-58H2,(H,65,83)(H,66,84)(H,67,78)(H,68,79)(H,69,87)(H,70,85)(H,71,89)(H,72,88)(H,73,90)(H,74,82)(H,75,86)(H,80,81)(H,91,92)(H4,59,60,63)(H4,61,62,64)/t32-,33-,34-,35-,36-,37-,38-,39-,40-,41-/m0/s1. The Morgan fingerprint density at radius 1 is 0.426 bits per heavy atom. The normalized spacial score (nSPS) is 14.0. The van der Waals surface area contributed by atoms with Crippen LogP contribution < -0.4 is 92.9 Å². The molecule has 0 saturated heterocycles. The van der Waals surface area contributed by atoms with Gasteiger partial charge in [0.1, 0.15) is 54.4 Å². The Kier molecular flexibility index (Phi) is 38.0. The van der Waals surface area contributed by atoms with Crippen molar-refractivity contribution < 1.29 is 82.8 Å². The van der Waals surface area contributed by atoms with E-state index in [0.717, 1.165) is 5.56 Å². The van der Waals surface area contributed by atoms with E-state index in [1.54, 1.807) is 60.7 Å². The monoisotopic (exact) mass is 1360 g/mol. The molecule has 2 aromatic carbocycles. The first-order chi connectivity index (χ1) is 44.7. The van der Waals surface area contributed by atoms with Crippen molar-refractivity contribution >= 4 is 114 Å². The number of thiol groups is 2. The molecule has 0 fully saturated rings. The number of aliphatic imine (C=N–C) groups is 2. The van der Waals surface area contributed by atoms with Gasteiger partial charge in [-0.3, -0.25) is 67.5 Å². The molecule has 94 heavy (non-hydrogen) atoms. The molecule has 11 amide bonds. The van der Waals surface area contributed by atoms with Crippen molar-refractivity contribution in [3.63, 3.8) is 0 Å². The quantitative estimate of drug-likeness (QED) is 0.0127. The third-order valence-corrected chi connectivity index (χ3v) is 14.2. The number of nitrogens with one attached hydrogen (secondary N) is 11. The summed E-state index contributed by atoms with van der Waals surface area (Å²) >= 11 is 8.26. The van der Waals surface area contributed by atoms with Gasteiger partial charge in [-0.25, -0.2) is 4.79 Å². The molecule has 0 spiro atoms. The molecule has 38 heteroatoms. The molecule has 0 aliphatic rings. The van der Waals surface area contributed by atoms with Crippen LogP contribution in [0.25, 0.3) is 0 Å². The molecule has 0 aliphatic carbocycles. The summed E-state index contributed by atoms with van der Waals surface area (Å²) < 4.78 is 0. The third-order valence-electron chi connectivity index (χ3n) is 13.4. The van der Waals surface area contributed by atoms with Gasteiger partial charge in [-0.2, -0.15) is 25.3 Å². The van der Waals surface area contributed by atoms with Gasteiger partial charge in [-0.15, -0.1) is 0 Å². The fraction of sp³-hybridized carbons (Fsp3) is 0.518. The fourth-order valence-corrected chi connectivity index (χ4v) is 8.97. The summed E-state index contributed by atoms with van der Waals surface area (Å²) in [6.07, 6.45) is -0.381. The molecule has 520 valence electrons. The first-order valence-electron chi connectivity index (χ1n) is 29.5. The third kappa shape index (κ3) is 31.8. The largest absolute Gasteiger partial charge is 0.481 e. The van der Waals surface area contributed by atoms with Gasteiger partial charge in [0.25, 0.3) is 0 Å². The molecule has 10 atom stereocenters. The number of hydrogen-bond acceptors (Lipinski definition) is 21. The number of rotatable bonds is 45. The lowest BCUT2D eigenvalue weighted by Crippen LogP contribution is -2.61. The molecule has 0 aromatic heterocycles. The second-order valence-electron chi connectivity index (χ2n) is 20.9. The summed E-state index contributed by atoms with van der Waals surface area (Å²) in [7, 11) is 0. The predicted molar refractivity (Wildman–Crippen MR) is 346 cm³/mol. The maximum absolute atomic E-state index is 13.9. The maximum Gasteiger partial charge on any atom is 0.326 e. The highest BCUT2D eigenvalue weighted by Gasteiger charge is 2.34. The van der Waals surface area contributed by atoms with E-state index >= 15 is 0 Å². The molecule has 0 saturated carbocycles. The van der Waals surface area contributed by atoms with Crippen LogP contribution in [0.5, 0.6) is 0 Å². The number of aliphatic hydroxyl groups is 2. The SMILES string of the molecule is NCCCC[C@H](NC(=O)CNC(=O)[C@H](CCCN=C(N)N)NC(=O)[C@H](CO)NC(=O)[C@H](CO)NC(=O)[C@H](CS)NC(=O)[C@H](Cc1ccccc1)NC(=O)CNC(=O)[C@H](CC(=O)O)NC(=O)[C@H](CS)NC(=O)[C@@H](N)Cc1ccccc1)C(=O)N[C@@H](CCCN=C(N)N)C(=O)O. The first-order valence-corrected chi connectivity index (χ1v) is 30.7. The van der Waals surface area contributed by atoms with E-state index in [1.807, 2.05) is 0 Å². The van der Waals surface area contributed by atoms with Gasteiger partial charge < -0.3 is 113 Å². The van der Waals surface area contributed by atoms with Gasteiger partial charge in [0.05, 0.1) is 38.8 Å². The lowest BCUT2D eigenvalue weighted by Gasteiger charge is -2.26. The maximum atomic E-state index is 13.9. The summed E-state index contributed by atoms with van der Waals surface area (Å²) in [4.78, 5) is 179. The number of unbranched alkanes of at least 4 members (excludes halogenated alkanes) is 1. The number of aliphatic carboxylic acids is 2. The van der Waals surface area contributed by atoms with Crippen LogP contribution in [-0.2, 0) is 75.2 Å². The Morgan fingerprint density at radius 2 is 0.787 bits per heavy atom. The molecule has 36 nitrogen and oxygen atoms in total. The molecule has 0 unspecified atom stereocenters. The highest BCUT2D eigenvalue weighted by Crippen LogP contribution is 2.09.